The van der Waals surface area contributed by atoms with E-state index in [9.17, 15) is 23.9 Å². The normalized spacial score (nSPS) is 18.0. The molecule has 12 heteroatoms. The van der Waals surface area contributed by atoms with Crippen LogP contribution in [0.2, 0.25) is 0 Å². The zero-order valence-corrected chi connectivity index (χ0v) is 17.6. The van der Waals surface area contributed by atoms with Crippen molar-refractivity contribution >= 4 is 34.4 Å². The van der Waals surface area contributed by atoms with Crippen molar-refractivity contribution in [2.24, 2.45) is 5.73 Å². The average molecular weight is 450 g/mol. The van der Waals surface area contributed by atoms with Crippen molar-refractivity contribution in [3.05, 3.63) is 46.7 Å². The summed E-state index contributed by atoms with van der Waals surface area (Å²) in [5.41, 5.74) is 6.46. The average Bonchev–Trinajstić information content (AvgIpc) is 3.32. The molecule has 2 heterocycles. The highest BCUT2D eigenvalue weighted by molar-refractivity contribution is 7.13. The number of likely N-dealkylation sites (tertiary alicyclic amines) is 1. The van der Waals surface area contributed by atoms with Crippen molar-refractivity contribution in [3.63, 3.8) is 0 Å². The molecule has 1 aromatic heterocycles. The van der Waals surface area contributed by atoms with Gasteiger partial charge in [0.05, 0.1) is 18.3 Å². The smallest absolute Gasteiger partial charge is 0.321 e. The number of thiazole rings is 1. The number of aliphatic hydroxyl groups excluding tert-OH is 1. The van der Waals surface area contributed by atoms with E-state index in [2.05, 4.69) is 15.6 Å². The van der Waals surface area contributed by atoms with Gasteiger partial charge in [0.2, 0.25) is 5.91 Å². The predicted molar refractivity (Wildman–Crippen MR) is 112 cm³/mol. The fourth-order valence-electron chi connectivity index (χ4n) is 3.27. The topological polar surface area (TPSA) is 141 Å². The number of rotatable bonds is 6. The molecule has 31 heavy (non-hydrogen) atoms. The van der Waals surface area contributed by atoms with E-state index in [1.165, 1.54) is 28.4 Å². The molecule has 0 radical (unpaired) electrons. The van der Waals surface area contributed by atoms with Crippen LogP contribution in [-0.4, -0.2) is 63.6 Å². The van der Waals surface area contributed by atoms with Crippen LogP contribution in [0.3, 0.4) is 0 Å². The van der Waals surface area contributed by atoms with Gasteiger partial charge < -0.3 is 26.0 Å². The molecular formula is C19H23FN6O4S. The van der Waals surface area contributed by atoms with E-state index < -0.39 is 24.2 Å². The second kappa shape index (κ2) is 9.71. The lowest BCUT2D eigenvalue weighted by Gasteiger charge is -2.26. The molecule has 0 saturated carbocycles. The molecule has 0 bridgehead atoms. The molecule has 10 nitrogen and oxygen atoms in total. The summed E-state index contributed by atoms with van der Waals surface area (Å²) in [6, 6.07) is 3.84. The summed E-state index contributed by atoms with van der Waals surface area (Å²) < 4.78 is 13.2. The quantitative estimate of drug-likeness (QED) is 0.521. The van der Waals surface area contributed by atoms with Crippen LogP contribution in [0.5, 0.6) is 0 Å². The van der Waals surface area contributed by atoms with E-state index in [1.807, 2.05) is 0 Å². The Hall–Kier alpha value is -3.25. The Morgan fingerprint density at radius 1 is 1.42 bits per heavy atom. The fourth-order valence-corrected chi connectivity index (χ4v) is 3.97. The molecule has 166 valence electrons. The maximum Gasteiger partial charge on any atom is 0.321 e. The Labute approximate surface area is 181 Å². The van der Waals surface area contributed by atoms with Gasteiger partial charge in [-0.2, -0.15) is 0 Å². The van der Waals surface area contributed by atoms with Crippen LogP contribution >= 0.6 is 11.3 Å². The van der Waals surface area contributed by atoms with E-state index in [1.54, 1.807) is 24.6 Å². The summed E-state index contributed by atoms with van der Waals surface area (Å²) in [4.78, 5) is 43.0. The first-order chi connectivity index (χ1) is 14.7. The molecule has 1 aliphatic heterocycles. The number of carbonyl (C=O) groups excluding carboxylic acids is 3. The second-order valence-corrected chi connectivity index (χ2v) is 8.03. The van der Waals surface area contributed by atoms with E-state index in [-0.39, 0.29) is 37.8 Å². The number of urea groups is 2. The molecule has 1 saturated heterocycles. The van der Waals surface area contributed by atoms with Gasteiger partial charge in [0, 0.05) is 31.9 Å². The van der Waals surface area contributed by atoms with Gasteiger partial charge in [-0.15, -0.1) is 11.3 Å². The highest BCUT2D eigenvalue weighted by Gasteiger charge is 2.39. The number of β-amino-alcohol motifs (C(OH)–C–C–N with tert-alkyl or cyclic N) is 1. The largest absolute Gasteiger partial charge is 0.391 e. The van der Waals surface area contributed by atoms with Gasteiger partial charge in [-0.1, -0.05) is 12.1 Å². The van der Waals surface area contributed by atoms with Gasteiger partial charge in [-0.05, 0) is 17.7 Å². The number of hydrogen-bond acceptors (Lipinski definition) is 6. The van der Waals surface area contributed by atoms with Crippen molar-refractivity contribution < 1.29 is 23.9 Å². The highest BCUT2D eigenvalue weighted by atomic mass is 32.1. The highest BCUT2D eigenvalue weighted by Crippen LogP contribution is 2.21. The van der Waals surface area contributed by atoms with Crippen molar-refractivity contribution in [3.8, 4) is 0 Å². The van der Waals surface area contributed by atoms with Crippen molar-refractivity contribution in [1.82, 2.24) is 20.1 Å². The number of primary amides is 1. The SMILES string of the molecule is CN(Cc1csc(NC(=O)NCc2cccc(F)c2)n1)C(=O)C1CC(O)CN1C(N)=O. The number of halogens is 1. The van der Waals surface area contributed by atoms with Crippen LogP contribution in [0.15, 0.2) is 29.6 Å². The molecule has 2 aromatic rings. The zero-order chi connectivity index (χ0) is 22.5. The molecule has 5 N–H and O–H groups in total. The molecule has 2 unspecified atom stereocenters. The third-order valence-electron chi connectivity index (χ3n) is 4.74. The summed E-state index contributed by atoms with van der Waals surface area (Å²) in [5.74, 6) is -0.736. The van der Waals surface area contributed by atoms with Gasteiger partial charge in [-0.25, -0.2) is 19.0 Å². The lowest BCUT2D eigenvalue weighted by molar-refractivity contribution is -0.134. The number of anilines is 1. The Morgan fingerprint density at radius 3 is 2.90 bits per heavy atom. The minimum absolute atomic E-state index is 0.0229. The lowest BCUT2D eigenvalue weighted by atomic mass is 10.1. The van der Waals surface area contributed by atoms with Gasteiger partial charge in [0.1, 0.15) is 11.9 Å². The molecule has 3 rings (SSSR count). The standard InChI is InChI=1S/C19H23FN6O4S/c1-25(16(28)15-6-14(27)9-26(15)17(21)29)8-13-10-31-19(23-13)24-18(30)22-7-11-3-2-4-12(20)5-11/h2-5,10,14-15,27H,6-9H2,1H3,(H2,21,29)(H2,22,23,24,30). The number of hydrogen-bond donors (Lipinski definition) is 4. The van der Waals surface area contributed by atoms with Gasteiger partial charge in [0.25, 0.3) is 0 Å². The van der Waals surface area contributed by atoms with Crippen LogP contribution in [0.1, 0.15) is 17.7 Å². The van der Waals surface area contributed by atoms with Crippen LogP contribution < -0.4 is 16.4 Å². The van der Waals surface area contributed by atoms with E-state index in [0.717, 1.165) is 4.90 Å². The lowest BCUT2D eigenvalue weighted by Crippen LogP contribution is -2.48. The molecule has 1 fully saturated rings. The van der Waals surface area contributed by atoms with E-state index >= 15 is 0 Å². The zero-order valence-electron chi connectivity index (χ0n) is 16.7. The number of aromatic nitrogens is 1. The van der Waals surface area contributed by atoms with Crippen molar-refractivity contribution in [2.45, 2.75) is 31.7 Å². The first-order valence-electron chi connectivity index (χ1n) is 9.45. The van der Waals surface area contributed by atoms with E-state index in [0.29, 0.717) is 16.4 Å². The molecule has 0 spiro atoms. The summed E-state index contributed by atoms with van der Waals surface area (Å²) in [6.07, 6.45) is -0.669. The number of carbonyl (C=O) groups is 3. The minimum Gasteiger partial charge on any atom is -0.391 e. The number of nitrogens with two attached hydrogens (primary N) is 1. The first kappa shape index (κ1) is 22.4. The third-order valence-corrected chi connectivity index (χ3v) is 5.54. The number of aliphatic hydroxyl groups is 1. The van der Waals surface area contributed by atoms with Crippen LogP contribution in [0.25, 0.3) is 0 Å². The molecule has 1 aliphatic rings. The predicted octanol–water partition coefficient (Wildman–Crippen LogP) is 1.08. The minimum atomic E-state index is -0.817. The Bertz CT molecular complexity index is 970. The first-order valence-corrected chi connectivity index (χ1v) is 10.3. The summed E-state index contributed by atoms with van der Waals surface area (Å²) in [7, 11) is 1.56. The fraction of sp³-hybridized carbons (Fsp3) is 0.368. The molecule has 1 aromatic carbocycles. The van der Waals surface area contributed by atoms with Crippen LogP contribution in [0.4, 0.5) is 19.1 Å². The van der Waals surface area contributed by atoms with Gasteiger partial charge in [-0.3, -0.25) is 10.1 Å². The molecular weight excluding hydrogens is 427 g/mol. The Morgan fingerprint density at radius 2 is 2.19 bits per heavy atom. The van der Waals surface area contributed by atoms with Gasteiger partial charge >= 0.3 is 12.1 Å². The number of benzene rings is 1. The monoisotopic (exact) mass is 450 g/mol. The Balaban J connectivity index is 1.51. The summed E-state index contributed by atoms with van der Waals surface area (Å²) in [6.45, 7) is 0.332. The van der Waals surface area contributed by atoms with Gasteiger partial charge in [0.15, 0.2) is 5.13 Å². The molecule has 0 aliphatic carbocycles. The molecule has 2 atom stereocenters. The number of nitrogens with zero attached hydrogens (tertiary/aromatic N) is 3. The summed E-state index contributed by atoms with van der Waals surface area (Å²) in [5, 5.41) is 17.0. The number of amides is 5. The van der Waals surface area contributed by atoms with Crippen molar-refractivity contribution in [1.29, 1.82) is 0 Å². The van der Waals surface area contributed by atoms with Crippen molar-refractivity contribution in [2.75, 3.05) is 18.9 Å². The van der Waals surface area contributed by atoms with E-state index in [4.69, 9.17) is 5.73 Å². The second-order valence-electron chi connectivity index (χ2n) is 7.17. The maximum absolute atomic E-state index is 13.2. The number of likely N-dealkylation sites (N-methyl/N-ethyl adjacent to an activating group) is 1. The number of nitrogens with one attached hydrogen (secondary N) is 2. The van der Waals surface area contributed by atoms with Crippen LogP contribution in [0, 0.1) is 5.82 Å². The molecule has 5 amide bonds. The third kappa shape index (κ3) is 5.89. The Kier molecular flexibility index (Phi) is 7.02. The maximum atomic E-state index is 13.2. The van der Waals surface area contributed by atoms with Crippen LogP contribution in [-0.2, 0) is 17.9 Å². The summed E-state index contributed by atoms with van der Waals surface area (Å²) >= 11 is 1.19.